The number of likely N-dealkylation sites (tertiary alicyclic amines) is 1. The summed E-state index contributed by atoms with van der Waals surface area (Å²) in [6, 6.07) is 10.5. The molecule has 1 saturated heterocycles. The van der Waals surface area contributed by atoms with Crippen LogP contribution in [0.3, 0.4) is 0 Å². The first-order valence-electron chi connectivity index (χ1n) is 9.49. The molecule has 0 saturated carbocycles. The molecule has 2 aromatic rings. The monoisotopic (exact) mass is 352 g/mol. The Morgan fingerprint density at radius 2 is 2.00 bits per heavy atom. The normalized spacial score (nSPS) is 17.9. The predicted molar refractivity (Wildman–Crippen MR) is 102 cm³/mol. The maximum absolute atomic E-state index is 12.6. The summed E-state index contributed by atoms with van der Waals surface area (Å²) in [6.07, 6.45) is 10.0. The molecule has 0 spiro atoms. The van der Waals surface area contributed by atoms with Crippen molar-refractivity contribution in [3.8, 4) is 0 Å². The van der Waals surface area contributed by atoms with Crippen LogP contribution in [0.5, 0.6) is 0 Å². The first-order chi connectivity index (χ1) is 12.7. The molecule has 2 aromatic heterocycles. The van der Waals surface area contributed by atoms with Crippen molar-refractivity contribution in [2.45, 2.75) is 44.7 Å². The Morgan fingerprint density at radius 3 is 2.77 bits per heavy atom. The Labute approximate surface area is 156 Å². The van der Waals surface area contributed by atoms with Crippen LogP contribution in [0.25, 0.3) is 0 Å². The second kappa shape index (κ2) is 9.43. The fraction of sp³-hybridized carbons (Fsp3) is 0.476. The number of aromatic nitrogens is 2. The molecule has 5 heteroatoms. The second-order valence-corrected chi connectivity index (χ2v) is 7.06. The largest absolute Gasteiger partial charge is 0.343 e. The standard InChI is InChI=1S/C21H28N4O/c1-24(17-19-5-2-3-12-23-19)20-6-4-15-25(16-11-20)21(26)8-7-18-9-13-22-14-10-18/h2-3,5,9-10,12-14,20H,4,6-8,11,15-17H2,1H3. The zero-order valence-electron chi connectivity index (χ0n) is 15.6. The van der Waals surface area contributed by atoms with Crippen LogP contribution in [0, 0.1) is 0 Å². The molecule has 3 heterocycles. The first-order valence-corrected chi connectivity index (χ1v) is 9.49. The van der Waals surface area contributed by atoms with E-state index in [0.29, 0.717) is 12.5 Å². The fourth-order valence-corrected chi connectivity index (χ4v) is 3.60. The minimum absolute atomic E-state index is 0.273. The summed E-state index contributed by atoms with van der Waals surface area (Å²) >= 11 is 0. The van der Waals surface area contributed by atoms with Crippen LogP contribution in [0.1, 0.15) is 36.9 Å². The van der Waals surface area contributed by atoms with Crippen molar-refractivity contribution < 1.29 is 4.79 Å². The Kier molecular flexibility index (Phi) is 6.72. The van der Waals surface area contributed by atoms with Crippen molar-refractivity contribution in [1.82, 2.24) is 19.8 Å². The molecule has 138 valence electrons. The summed E-state index contributed by atoms with van der Waals surface area (Å²) in [4.78, 5) is 25.5. The zero-order valence-corrected chi connectivity index (χ0v) is 15.6. The molecule has 1 fully saturated rings. The van der Waals surface area contributed by atoms with Gasteiger partial charge in [0.25, 0.3) is 0 Å². The van der Waals surface area contributed by atoms with Crippen molar-refractivity contribution in [2.75, 3.05) is 20.1 Å². The molecule has 0 N–H and O–H groups in total. The molecule has 1 atom stereocenters. The van der Waals surface area contributed by atoms with Gasteiger partial charge in [0.2, 0.25) is 5.91 Å². The Bertz CT molecular complexity index is 677. The summed E-state index contributed by atoms with van der Waals surface area (Å²) in [5.74, 6) is 0.273. The molecule has 0 aliphatic carbocycles. The highest BCUT2D eigenvalue weighted by Gasteiger charge is 2.23. The molecule has 1 unspecified atom stereocenters. The van der Waals surface area contributed by atoms with Crippen LogP contribution in [0.2, 0.25) is 0 Å². The number of aryl methyl sites for hydroxylation is 1. The molecule has 26 heavy (non-hydrogen) atoms. The molecular weight excluding hydrogens is 324 g/mol. The summed E-state index contributed by atoms with van der Waals surface area (Å²) in [5, 5.41) is 0. The third-order valence-corrected chi connectivity index (χ3v) is 5.19. The topological polar surface area (TPSA) is 49.3 Å². The average Bonchev–Trinajstić information content (AvgIpc) is 2.94. The van der Waals surface area contributed by atoms with Crippen LogP contribution in [-0.2, 0) is 17.8 Å². The molecule has 5 nitrogen and oxygen atoms in total. The number of carbonyl (C=O) groups is 1. The van der Waals surface area contributed by atoms with Gasteiger partial charge in [-0.1, -0.05) is 6.07 Å². The molecule has 3 rings (SSSR count). The van der Waals surface area contributed by atoms with E-state index < -0.39 is 0 Å². The third-order valence-electron chi connectivity index (χ3n) is 5.19. The highest BCUT2D eigenvalue weighted by atomic mass is 16.2. The van der Waals surface area contributed by atoms with E-state index in [2.05, 4.69) is 32.9 Å². The Morgan fingerprint density at radius 1 is 1.15 bits per heavy atom. The van der Waals surface area contributed by atoms with Gasteiger partial charge in [-0.25, -0.2) is 0 Å². The third kappa shape index (κ3) is 5.36. The van der Waals surface area contributed by atoms with Crippen LogP contribution in [0.4, 0.5) is 0 Å². The van der Waals surface area contributed by atoms with Gasteiger partial charge >= 0.3 is 0 Å². The molecule has 1 aliphatic rings. The van der Waals surface area contributed by atoms with E-state index in [1.54, 1.807) is 12.4 Å². The van der Waals surface area contributed by atoms with Crippen molar-refractivity contribution >= 4 is 5.91 Å². The summed E-state index contributed by atoms with van der Waals surface area (Å²) in [7, 11) is 2.17. The quantitative estimate of drug-likeness (QED) is 0.802. The van der Waals surface area contributed by atoms with Crippen LogP contribution in [-0.4, -0.2) is 51.9 Å². The predicted octanol–water partition coefficient (Wildman–Crippen LogP) is 2.92. The van der Waals surface area contributed by atoms with E-state index in [9.17, 15) is 4.79 Å². The summed E-state index contributed by atoms with van der Waals surface area (Å²) in [5.41, 5.74) is 2.28. The van der Waals surface area contributed by atoms with Crippen molar-refractivity contribution in [2.24, 2.45) is 0 Å². The second-order valence-electron chi connectivity index (χ2n) is 7.06. The lowest BCUT2D eigenvalue weighted by Gasteiger charge is -2.27. The summed E-state index contributed by atoms with van der Waals surface area (Å²) in [6.45, 7) is 2.59. The van der Waals surface area contributed by atoms with Gasteiger partial charge in [-0.2, -0.15) is 0 Å². The van der Waals surface area contributed by atoms with Crippen molar-refractivity contribution in [3.63, 3.8) is 0 Å². The number of hydrogen-bond donors (Lipinski definition) is 0. The molecule has 1 amide bonds. The first kappa shape index (κ1) is 18.5. The van der Waals surface area contributed by atoms with Crippen LogP contribution >= 0.6 is 0 Å². The smallest absolute Gasteiger partial charge is 0.222 e. The van der Waals surface area contributed by atoms with Crippen LogP contribution < -0.4 is 0 Å². The maximum atomic E-state index is 12.6. The van der Waals surface area contributed by atoms with Gasteiger partial charge in [0.05, 0.1) is 5.69 Å². The van der Waals surface area contributed by atoms with Crippen molar-refractivity contribution in [1.29, 1.82) is 0 Å². The van der Waals surface area contributed by atoms with Gasteiger partial charge in [0.1, 0.15) is 0 Å². The highest BCUT2D eigenvalue weighted by molar-refractivity contribution is 5.76. The van der Waals surface area contributed by atoms with E-state index in [1.165, 1.54) is 5.56 Å². The van der Waals surface area contributed by atoms with Gasteiger partial charge in [0, 0.05) is 50.7 Å². The van der Waals surface area contributed by atoms with Gasteiger partial charge < -0.3 is 4.90 Å². The van der Waals surface area contributed by atoms with Crippen LogP contribution in [0.15, 0.2) is 48.9 Å². The molecule has 1 aliphatic heterocycles. The fourth-order valence-electron chi connectivity index (χ4n) is 3.60. The lowest BCUT2D eigenvalue weighted by Crippen LogP contribution is -2.35. The SMILES string of the molecule is CN(Cc1ccccn1)C1CCCN(C(=O)CCc2ccncc2)CC1. The lowest BCUT2D eigenvalue weighted by molar-refractivity contribution is -0.131. The Balaban J connectivity index is 1.47. The maximum Gasteiger partial charge on any atom is 0.222 e. The molecular formula is C21H28N4O. The van der Waals surface area contributed by atoms with E-state index in [-0.39, 0.29) is 5.91 Å². The number of amides is 1. The van der Waals surface area contributed by atoms with E-state index in [1.807, 2.05) is 30.5 Å². The molecule has 0 radical (unpaired) electrons. The van der Waals surface area contributed by atoms with Crippen molar-refractivity contribution in [3.05, 3.63) is 60.2 Å². The number of pyridine rings is 2. The van der Waals surface area contributed by atoms with Gasteiger partial charge in [0.15, 0.2) is 0 Å². The van der Waals surface area contributed by atoms with E-state index >= 15 is 0 Å². The number of carbonyl (C=O) groups excluding carboxylic acids is 1. The summed E-state index contributed by atoms with van der Waals surface area (Å²) < 4.78 is 0. The van der Waals surface area contributed by atoms with Gasteiger partial charge in [-0.05, 0) is 62.6 Å². The number of nitrogens with zero attached hydrogens (tertiary/aromatic N) is 4. The van der Waals surface area contributed by atoms with E-state index in [4.69, 9.17) is 0 Å². The average molecular weight is 352 g/mol. The highest BCUT2D eigenvalue weighted by Crippen LogP contribution is 2.18. The van der Waals surface area contributed by atoms with Gasteiger partial charge in [-0.15, -0.1) is 0 Å². The minimum atomic E-state index is 0.273. The molecule has 0 bridgehead atoms. The number of hydrogen-bond acceptors (Lipinski definition) is 4. The zero-order chi connectivity index (χ0) is 18.2. The lowest BCUT2D eigenvalue weighted by atomic mass is 10.1. The minimum Gasteiger partial charge on any atom is -0.343 e. The Hall–Kier alpha value is -2.27. The molecule has 0 aromatic carbocycles. The number of rotatable bonds is 6. The van der Waals surface area contributed by atoms with E-state index in [0.717, 1.165) is 51.0 Å². The van der Waals surface area contributed by atoms with Gasteiger partial charge in [-0.3, -0.25) is 19.7 Å².